The molecule has 126 valence electrons. The third-order valence-corrected chi connectivity index (χ3v) is 3.48. The van der Waals surface area contributed by atoms with E-state index < -0.39 is 5.91 Å². The number of hydrogen-bond donors (Lipinski definition) is 3. The standard InChI is InChI=1S/C18H15N3O4/c19-8-13(10-20-14-2-1-3-15(22)7-14)18(23)21-9-12-4-5-16-17(6-12)25-11-24-16/h1-7,10,20,22H,9,11H2,(H,21,23)/b13-10-. The molecule has 1 amide bonds. The summed E-state index contributed by atoms with van der Waals surface area (Å²) in [6.07, 6.45) is 1.30. The van der Waals surface area contributed by atoms with E-state index in [1.54, 1.807) is 24.3 Å². The second kappa shape index (κ2) is 7.27. The van der Waals surface area contributed by atoms with Gasteiger partial charge in [0.15, 0.2) is 11.5 Å². The van der Waals surface area contributed by atoms with Crippen molar-refractivity contribution in [2.24, 2.45) is 0 Å². The number of rotatable bonds is 5. The molecule has 0 saturated heterocycles. The summed E-state index contributed by atoms with van der Waals surface area (Å²) in [7, 11) is 0. The number of benzene rings is 2. The summed E-state index contributed by atoms with van der Waals surface area (Å²) < 4.78 is 10.5. The topological polar surface area (TPSA) is 104 Å². The first kappa shape index (κ1) is 16.2. The first-order chi connectivity index (χ1) is 12.2. The highest BCUT2D eigenvalue weighted by Crippen LogP contribution is 2.32. The van der Waals surface area contributed by atoms with Gasteiger partial charge in [-0.3, -0.25) is 4.79 Å². The molecule has 0 bridgehead atoms. The molecular weight excluding hydrogens is 322 g/mol. The van der Waals surface area contributed by atoms with Gasteiger partial charge in [0, 0.05) is 24.5 Å². The van der Waals surface area contributed by atoms with Crippen LogP contribution in [0.1, 0.15) is 5.56 Å². The van der Waals surface area contributed by atoms with Crippen molar-refractivity contribution in [2.45, 2.75) is 6.54 Å². The molecule has 0 unspecified atom stereocenters. The van der Waals surface area contributed by atoms with Crippen molar-refractivity contribution in [1.29, 1.82) is 5.26 Å². The van der Waals surface area contributed by atoms with Gasteiger partial charge in [-0.05, 0) is 29.8 Å². The van der Waals surface area contributed by atoms with Gasteiger partial charge < -0.3 is 25.2 Å². The number of nitrogens with zero attached hydrogens (tertiary/aromatic N) is 1. The first-order valence-corrected chi connectivity index (χ1v) is 7.48. The average Bonchev–Trinajstić information content (AvgIpc) is 3.08. The SMILES string of the molecule is N#C/C(=C/Nc1cccc(O)c1)C(=O)NCc1ccc2c(c1)OCO2. The van der Waals surface area contributed by atoms with Gasteiger partial charge in [-0.15, -0.1) is 0 Å². The van der Waals surface area contributed by atoms with Crippen LogP contribution in [0.5, 0.6) is 17.2 Å². The van der Waals surface area contributed by atoms with Crippen molar-refractivity contribution in [3.8, 4) is 23.3 Å². The van der Waals surface area contributed by atoms with Crippen LogP contribution in [-0.4, -0.2) is 17.8 Å². The minimum Gasteiger partial charge on any atom is -0.508 e. The van der Waals surface area contributed by atoms with E-state index in [9.17, 15) is 9.90 Å². The van der Waals surface area contributed by atoms with Gasteiger partial charge in [0.25, 0.3) is 5.91 Å². The van der Waals surface area contributed by atoms with E-state index in [1.807, 2.05) is 12.1 Å². The van der Waals surface area contributed by atoms with Crippen LogP contribution in [0, 0.1) is 11.3 Å². The molecule has 2 aromatic rings. The Morgan fingerprint density at radius 3 is 2.88 bits per heavy atom. The zero-order valence-corrected chi connectivity index (χ0v) is 13.2. The van der Waals surface area contributed by atoms with Gasteiger partial charge in [-0.25, -0.2) is 0 Å². The Hall–Kier alpha value is -3.66. The van der Waals surface area contributed by atoms with Crippen LogP contribution in [0.4, 0.5) is 5.69 Å². The van der Waals surface area contributed by atoms with Crippen LogP contribution in [-0.2, 0) is 11.3 Å². The van der Waals surface area contributed by atoms with E-state index in [0.717, 1.165) is 5.56 Å². The molecule has 0 atom stereocenters. The molecule has 7 nitrogen and oxygen atoms in total. The van der Waals surface area contributed by atoms with Gasteiger partial charge >= 0.3 is 0 Å². The van der Waals surface area contributed by atoms with E-state index in [1.165, 1.54) is 18.3 Å². The molecule has 0 saturated carbocycles. The van der Waals surface area contributed by atoms with Crippen LogP contribution in [0.2, 0.25) is 0 Å². The zero-order chi connectivity index (χ0) is 17.6. The van der Waals surface area contributed by atoms with Gasteiger partial charge in [-0.1, -0.05) is 12.1 Å². The minimum absolute atomic E-state index is 0.0795. The van der Waals surface area contributed by atoms with E-state index in [-0.39, 0.29) is 24.7 Å². The number of hydrogen-bond acceptors (Lipinski definition) is 6. The number of carbonyl (C=O) groups is 1. The Balaban J connectivity index is 1.60. The molecule has 0 aromatic heterocycles. The number of phenols is 1. The maximum Gasteiger partial charge on any atom is 0.263 e. The summed E-state index contributed by atoms with van der Waals surface area (Å²) in [4.78, 5) is 12.1. The smallest absolute Gasteiger partial charge is 0.263 e. The van der Waals surface area contributed by atoms with Crippen molar-refractivity contribution in [3.63, 3.8) is 0 Å². The average molecular weight is 337 g/mol. The lowest BCUT2D eigenvalue weighted by atomic mass is 10.2. The molecule has 25 heavy (non-hydrogen) atoms. The Bertz CT molecular complexity index is 871. The first-order valence-electron chi connectivity index (χ1n) is 7.48. The fourth-order valence-corrected chi connectivity index (χ4v) is 2.23. The third-order valence-electron chi connectivity index (χ3n) is 3.48. The van der Waals surface area contributed by atoms with Crippen molar-refractivity contribution >= 4 is 11.6 Å². The van der Waals surface area contributed by atoms with Crippen LogP contribution < -0.4 is 20.1 Å². The molecular formula is C18H15N3O4. The molecule has 0 fully saturated rings. The second-order valence-corrected chi connectivity index (χ2v) is 5.23. The molecule has 7 heteroatoms. The quantitative estimate of drug-likeness (QED) is 0.571. The molecule has 1 aliphatic heterocycles. The Morgan fingerprint density at radius 2 is 2.08 bits per heavy atom. The molecule has 1 aliphatic rings. The van der Waals surface area contributed by atoms with Crippen molar-refractivity contribution in [1.82, 2.24) is 5.32 Å². The summed E-state index contributed by atoms with van der Waals surface area (Å²) >= 11 is 0. The van der Waals surface area contributed by atoms with E-state index in [4.69, 9.17) is 14.7 Å². The Labute approximate surface area is 144 Å². The highest BCUT2D eigenvalue weighted by Gasteiger charge is 2.14. The maximum atomic E-state index is 12.1. The normalized spacial score (nSPS) is 12.4. The van der Waals surface area contributed by atoms with Crippen LogP contribution >= 0.6 is 0 Å². The van der Waals surface area contributed by atoms with E-state index in [0.29, 0.717) is 17.2 Å². The molecule has 3 N–H and O–H groups in total. The Kier molecular flexibility index (Phi) is 4.72. The fraction of sp³-hybridized carbons (Fsp3) is 0.111. The largest absolute Gasteiger partial charge is 0.508 e. The fourth-order valence-electron chi connectivity index (χ4n) is 2.23. The van der Waals surface area contributed by atoms with Crippen molar-refractivity contribution in [2.75, 3.05) is 12.1 Å². The lowest BCUT2D eigenvalue weighted by Gasteiger charge is -2.06. The number of nitriles is 1. The van der Waals surface area contributed by atoms with Gasteiger partial charge in [0.2, 0.25) is 6.79 Å². The van der Waals surface area contributed by atoms with Crippen LogP contribution in [0.15, 0.2) is 54.2 Å². The van der Waals surface area contributed by atoms with E-state index in [2.05, 4.69) is 10.6 Å². The van der Waals surface area contributed by atoms with Crippen LogP contribution in [0.3, 0.4) is 0 Å². The summed E-state index contributed by atoms with van der Waals surface area (Å²) in [5.41, 5.74) is 1.32. The third kappa shape index (κ3) is 4.00. The van der Waals surface area contributed by atoms with Crippen molar-refractivity contribution < 1.29 is 19.4 Å². The number of nitrogens with one attached hydrogen (secondary N) is 2. The van der Waals surface area contributed by atoms with Gasteiger partial charge in [0.1, 0.15) is 17.4 Å². The number of aromatic hydroxyl groups is 1. The predicted molar refractivity (Wildman–Crippen MR) is 89.8 cm³/mol. The highest BCUT2D eigenvalue weighted by atomic mass is 16.7. The second-order valence-electron chi connectivity index (χ2n) is 5.23. The maximum absolute atomic E-state index is 12.1. The number of carbonyl (C=O) groups excluding carboxylic acids is 1. The molecule has 0 aliphatic carbocycles. The number of amides is 1. The summed E-state index contributed by atoms with van der Waals surface area (Å²) in [6.45, 7) is 0.438. The lowest BCUT2D eigenvalue weighted by molar-refractivity contribution is -0.117. The lowest BCUT2D eigenvalue weighted by Crippen LogP contribution is -2.24. The monoisotopic (exact) mass is 337 g/mol. The number of phenolic OH excluding ortho intramolecular Hbond substituents is 1. The molecule has 0 spiro atoms. The molecule has 1 heterocycles. The highest BCUT2D eigenvalue weighted by molar-refractivity contribution is 5.97. The number of fused-ring (bicyclic) bond motifs is 1. The number of ether oxygens (including phenoxy) is 2. The van der Waals surface area contributed by atoms with Crippen LogP contribution in [0.25, 0.3) is 0 Å². The number of anilines is 1. The van der Waals surface area contributed by atoms with Gasteiger partial charge in [-0.2, -0.15) is 5.26 Å². The summed E-state index contributed by atoms with van der Waals surface area (Å²) in [5.74, 6) is 0.883. The Morgan fingerprint density at radius 1 is 1.24 bits per heavy atom. The zero-order valence-electron chi connectivity index (χ0n) is 13.2. The summed E-state index contributed by atoms with van der Waals surface area (Å²) in [5, 5.41) is 24.0. The predicted octanol–water partition coefficient (Wildman–Crippen LogP) is 2.26. The van der Waals surface area contributed by atoms with Gasteiger partial charge in [0.05, 0.1) is 0 Å². The minimum atomic E-state index is -0.507. The van der Waals surface area contributed by atoms with E-state index >= 15 is 0 Å². The molecule has 3 rings (SSSR count). The van der Waals surface area contributed by atoms with Crippen molar-refractivity contribution in [3.05, 3.63) is 59.8 Å². The molecule has 2 aromatic carbocycles. The summed E-state index contributed by atoms with van der Waals surface area (Å²) in [6, 6.07) is 13.6. The molecule has 0 radical (unpaired) electrons.